The van der Waals surface area contributed by atoms with Crippen LogP contribution in [0.5, 0.6) is 0 Å². The predicted molar refractivity (Wildman–Crippen MR) is 203 cm³/mol. The lowest BCUT2D eigenvalue weighted by Gasteiger charge is -2.40. The molecule has 1 heterocycles. The van der Waals surface area contributed by atoms with Gasteiger partial charge in [-0.1, -0.05) is 121 Å². The van der Waals surface area contributed by atoms with Crippen molar-refractivity contribution in [3.63, 3.8) is 0 Å². The van der Waals surface area contributed by atoms with Crippen LogP contribution in [0, 0.1) is 0 Å². The van der Waals surface area contributed by atoms with Crippen LogP contribution in [0.25, 0.3) is 0 Å². The highest BCUT2D eigenvalue weighted by molar-refractivity contribution is 5.72. The first-order chi connectivity index (χ1) is 26.4. The monoisotopic (exact) mass is 734 g/mol. The van der Waals surface area contributed by atoms with Crippen LogP contribution >= 0.6 is 0 Å². The zero-order valence-corrected chi connectivity index (χ0v) is 30.7. The molecule has 9 nitrogen and oxygen atoms in total. The van der Waals surface area contributed by atoms with E-state index in [9.17, 15) is 19.2 Å². The molecule has 1 aliphatic rings. The molecule has 4 aromatic rings. The summed E-state index contributed by atoms with van der Waals surface area (Å²) in [6.07, 6.45) is 0.0181. The van der Waals surface area contributed by atoms with E-state index in [1.54, 1.807) is 0 Å². The second-order valence-corrected chi connectivity index (χ2v) is 13.5. The molecule has 0 spiro atoms. The Morgan fingerprint density at radius 1 is 0.426 bits per heavy atom. The highest BCUT2D eigenvalue weighted by Crippen LogP contribution is 2.27. The molecule has 0 bridgehead atoms. The predicted octanol–water partition coefficient (Wildman–Crippen LogP) is 7.71. The fourth-order valence-corrected chi connectivity index (χ4v) is 6.38. The van der Waals surface area contributed by atoms with Gasteiger partial charge in [0.05, 0.1) is 6.61 Å². The standard InChI is InChI=1S/C45H50O9/c46-39(29-13-25-34-17-5-1-6-18-34)51-38-33-50-45(54-42(49)32-16-28-37-23-11-4-12-24-37)44(53-41(48)31-15-27-36-21-9-3-10-22-36)43(38)52-40(47)30-14-26-35-19-7-2-8-20-35/h1-12,17-24,38,43-45H,13-16,25-33H2/t38-,43+,44-,45?/m1/s1. The summed E-state index contributed by atoms with van der Waals surface area (Å²) in [5.41, 5.74) is 4.35. The Morgan fingerprint density at radius 2 is 0.741 bits per heavy atom. The van der Waals surface area contributed by atoms with Crippen molar-refractivity contribution in [1.29, 1.82) is 0 Å². The number of esters is 4. The highest BCUT2D eigenvalue weighted by Gasteiger charge is 2.49. The molecule has 5 rings (SSSR count). The van der Waals surface area contributed by atoms with Crippen molar-refractivity contribution in [2.24, 2.45) is 0 Å². The van der Waals surface area contributed by atoms with Gasteiger partial charge < -0.3 is 23.7 Å². The second kappa shape index (κ2) is 22.1. The molecule has 0 saturated carbocycles. The molecule has 1 fully saturated rings. The maximum absolute atomic E-state index is 13.4. The molecule has 0 aliphatic carbocycles. The van der Waals surface area contributed by atoms with Gasteiger partial charge in [0.1, 0.15) is 0 Å². The molecule has 1 saturated heterocycles. The van der Waals surface area contributed by atoms with Gasteiger partial charge in [-0.3, -0.25) is 19.2 Å². The Balaban J connectivity index is 1.27. The van der Waals surface area contributed by atoms with Gasteiger partial charge in [-0.2, -0.15) is 0 Å². The van der Waals surface area contributed by atoms with Crippen LogP contribution in [0.15, 0.2) is 121 Å². The zero-order chi connectivity index (χ0) is 37.8. The van der Waals surface area contributed by atoms with Crippen molar-refractivity contribution in [3.05, 3.63) is 144 Å². The molecule has 1 unspecified atom stereocenters. The molecule has 0 radical (unpaired) electrons. The van der Waals surface area contributed by atoms with Gasteiger partial charge >= 0.3 is 23.9 Å². The lowest BCUT2D eigenvalue weighted by Crippen LogP contribution is -2.58. The average Bonchev–Trinajstić information content (AvgIpc) is 3.18. The van der Waals surface area contributed by atoms with E-state index in [0.29, 0.717) is 51.4 Å². The van der Waals surface area contributed by atoms with Crippen LogP contribution in [0.4, 0.5) is 0 Å². The van der Waals surface area contributed by atoms with Gasteiger partial charge in [0, 0.05) is 25.7 Å². The second-order valence-electron chi connectivity index (χ2n) is 13.5. The normalized spacial score (nSPS) is 17.9. The molecule has 0 aromatic heterocycles. The Labute approximate surface area is 317 Å². The van der Waals surface area contributed by atoms with Crippen molar-refractivity contribution < 1.29 is 42.9 Å². The number of hydrogen-bond donors (Lipinski definition) is 0. The minimum absolute atomic E-state index is 0.0603. The number of hydrogen-bond acceptors (Lipinski definition) is 9. The lowest BCUT2D eigenvalue weighted by molar-refractivity contribution is -0.275. The topological polar surface area (TPSA) is 114 Å². The van der Waals surface area contributed by atoms with E-state index < -0.39 is 48.5 Å². The Bertz CT molecular complexity index is 1580. The molecule has 0 N–H and O–H groups in total. The summed E-state index contributed by atoms with van der Waals surface area (Å²) in [5.74, 6) is -2.19. The quantitative estimate of drug-likeness (QED) is 0.0665. The summed E-state index contributed by atoms with van der Waals surface area (Å²) in [6.45, 7) is -0.226. The summed E-state index contributed by atoms with van der Waals surface area (Å²) < 4.78 is 29.5. The number of ether oxygens (including phenoxy) is 5. The van der Waals surface area contributed by atoms with Crippen molar-refractivity contribution in [3.8, 4) is 0 Å². The number of benzene rings is 4. The minimum Gasteiger partial charge on any atom is -0.456 e. The molecule has 9 heteroatoms. The molecule has 284 valence electrons. The maximum atomic E-state index is 13.4. The zero-order valence-electron chi connectivity index (χ0n) is 30.7. The molecule has 54 heavy (non-hydrogen) atoms. The van der Waals surface area contributed by atoms with Gasteiger partial charge in [-0.15, -0.1) is 0 Å². The molecule has 4 atom stereocenters. The summed E-state index contributed by atoms with van der Waals surface area (Å²) >= 11 is 0. The van der Waals surface area contributed by atoms with Crippen LogP contribution in [-0.2, 0) is 68.5 Å². The molecule has 1 aliphatic heterocycles. The Morgan fingerprint density at radius 3 is 1.11 bits per heavy atom. The molecular weight excluding hydrogens is 684 g/mol. The van der Waals surface area contributed by atoms with E-state index >= 15 is 0 Å². The van der Waals surface area contributed by atoms with Gasteiger partial charge in [-0.25, -0.2) is 0 Å². The van der Waals surface area contributed by atoms with Crippen molar-refractivity contribution >= 4 is 23.9 Å². The van der Waals surface area contributed by atoms with Crippen molar-refractivity contribution in [2.75, 3.05) is 6.61 Å². The minimum atomic E-state index is -1.37. The van der Waals surface area contributed by atoms with Gasteiger partial charge in [0.15, 0.2) is 12.2 Å². The third kappa shape index (κ3) is 13.9. The number of carbonyl (C=O) groups is 4. The Hall–Kier alpha value is -5.28. The van der Waals surface area contributed by atoms with Crippen molar-refractivity contribution in [1.82, 2.24) is 0 Å². The first kappa shape index (κ1) is 39.9. The van der Waals surface area contributed by atoms with E-state index in [1.165, 1.54) is 0 Å². The fraction of sp³-hybridized carbons (Fsp3) is 0.378. The van der Waals surface area contributed by atoms with Crippen LogP contribution in [0.3, 0.4) is 0 Å². The third-order valence-electron chi connectivity index (χ3n) is 9.21. The van der Waals surface area contributed by atoms with Crippen LogP contribution in [0.1, 0.15) is 73.6 Å². The molecule has 4 aromatic carbocycles. The van der Waals surface area contributed by atoms with E-state index in [2.05, 4.69) is 0 Å². The van der Waals surface area contributed by atoms with Crippen LogP contribution in [0.2, 0.25) is 0 Å². The first-order valence-corrected chi connectivity index (χ1v) is 19.0. The van der Waals surface area contributed by atoms with E-state index in [0.717, 1.165) is 22.3 Å². The summed E-state index contributed by atoms with van der Waals surface area (Å²) in [6, 6.07) is 39.2. The largest absolute Gasteiger partial charge is 0.456 e. The molecule has 0 amide bonds. The van der Waals surface area contributed by atoms with Crippen LogP contribution in [-0.4, -0.2) is 55.1 Å². The fourth-order valence-electron chi connectivity index (χ4n) is 6.38. The van der Waals surface area contributed by atoms with E-state index in [1.807, 2.05) is 121 Å². The Kier molecular flexibility index (Phi) is 16.3. The number of aryl methyl sites for hydroxylation is 4. The van der Waals surface area contributed by atoms with Crippen LogP contribution < -0.4 is 0 Å². The lowest BCUT2D eigenvalue weighted by atomic mass is 10.0. The van der Waals surface area contributed by atoms with E-state index in [4.69, 9.17) is 23.7 Å². The SMILES string of the molecule is O=C(CCCc1ccccc1)OC1OC[C@@H](OC(=O)CCCc2ccccc2)[C@H](OC(=O)CCCc2ccccc2)[C@H]1OC(=O)CCCc1ccccc1. The first-order valence-electron chi connectivity index (χ1n) is 19.0. The van der Waals surface area contributed by atoms with Crippen molar-refractivity contribution in [2.45, 2.75) is 102 Å². The average molecular weight is 735 g/mol. The molecular formula is C45H50O9. The van der Waals surface area contributed by atoms with Gasteiger partial charge in [0.25, 0.3) is 0 Å². The van der Waals surface area contributed by atoms with Gasteiger partial charge in [0.2, 0.25) is 12.4 Å². The maximum Gasteiger partial charge on any atom is 0.308 e. The summed E-state index contributed by atoms with van der Waals surface area (Å²) in [4.78, 5) is 53.0. The summed E-state index contributed by atoms with van der Waals surface area (Å²) in [7, 11) is 0. The van der Waals surface area contributed by atoms with Gasteiger partial charge in [-0.05, 0) is 73.6 Å². The third-order valence-corrected chi connectivity index (χ3v) is 9.21. The van der Waals surface area contributed by atoms with E-state index in [-0.39, 0.29) is 32.3 Å². The number of rotatable bonds is 20. The smallest absolute Gasteiger partial charge is 0.308 e. The highest BCUT2D eigenvalue weighted by atomic mass is 16.7. The number of carbonyl (C=O) groups excluding carboxylic acids is 4. The summed E-state index contributed by atoms with van der Waals surface area (Å²) in [5, 5.41) is 0.